The number of anilines is 1. The van der Waals surface area contributed by atoms with E-state index < -0.39 is 17.7 Å². The van der Waals surface area contributed by atoms with Crippen molar-refractivity contribution < 1.29 is 14.7 Å². The maximum absolute atomic E-state index is 13.2. The summed E-state index contributed by atoms with van der Waals surface area (Å²) in [6.45, 7) is 3.93. The summed E-state index contributed by atoms with van der Waals surface area (Å²) in [6, 6.07) is 18.8. The second-order valence-corrected chi connectivity index (χ2v) is 8.53. The van der Waals surface area contributed by atoms with Crippen molar-refractivity contribution in [3.05, 3.63) is 98.9 Å². The van der Waals surface area contributed by atoms with Gasteiger partial charge < -0.3 is 5.11 Å². The van der Waals surface area contributed by atoms with Crippen LogP contribution in [0.1, 0.15) is 34.0 Å². The van der Waals surface area contributed by atoms with Gasteiger partial charge in [-0.1, -0.05) is 54.1 Å². The average Bonchev–Trinajstić information content (AvgIpc) is 3.35. The molecule has 1 aromatic heterocycles. The lowest BCUT2D eigenvalue weighted by Crippen LogP contribution is -2.31. The van der Waals surface area contributed by atoms with E-state index in [-0.39, 0.29) is 17.8 Å². The van der Waals surface area contributed by atoms with Crippen LogP contribution in [0.4, 0.5) is 5.69 Å². The Morgan fingerprint density at radius 2 is 1.83 bits per heavy atom. The number of benzene rings is 2. The number of amides is 1. The molecule has 0 saturated carbocycles. The molecule has 1 atom stereocenters. The van der Waals surface area contributed by atoms with Gasteiger partial charge in [0.2, 0.25) is 0 Å². The number of nitrogens with zero attached hydrogens (tertiary/aromatic N) is 1. The lowest BCUT2D eigenvalue weighted by atomic mass is 9.96. The van der Waals surface area contributed by atoms with E-state index in [9.17, 15) is 14.7 Å². The van der Waals surface area contributed by atoms with Gasteiger partial charge in [-0.15, -0.1) is 11.3 Å². The summed E-state index contributed by atoms with van der Waals surface area (Å²) in [6.07, 6.45) is 0.796. The van der Waals surface area contributed by atoms with E-state index in [1.54, 1.807) is 4.90 Å². The summed E-state index contributed by atoms with van der Waals surface area (Å²) in [7, 11) is 0. The van der Waals surface area contributed by atoms with Crippen molar-refractivity contribution in [1.82, 2.24) is 0 Å². The van der Waals surface area contributed by atoms with Crippen LogP contribution in [0, 0.1) is 13.8 Å². The predicted octanol–water partition coefficient (Wildman–Crippen LogP) is 5.47. The van der Waals surface area contributed by atoms with Gasteiger partial charge in [0, 0.05) is 17.0 Å². The highest BCUT2D eigenvalue weighted by molar-refractivity contribution is 7.10. The number of aliphatic hydroxyl groups excluding tert-OH is 1. The Morgan fingerprint density at radius 3 is 2.50 bits per heavy atom. The molecule has 1 N–H and O–H groups in total. The quantitative estimate of drug-likeness (QED) is 0.579. The fourth-order valence-corrected chi connectivity index (χ4v) is 4.79. The molecule has 0 bridgehead atoms. The standard InChI is InChI=1S/C25H23NO3S/c1-16-10-12-19(17(2)15-16)26-23(21-9-6-14-30-21)22(24(28)25(26)29)20(27)13-11-18-7-4-3-5-8-18/h3-10,12,14-15,23,28H,11,13H2,1-2H3. The van der Waals surface area contributed by atoms with E-state index in [0.717, 1.165) is 21.6 Å². The van der Waals surface area contributed by atoms with Gasteiger partial charge in [0.05, 0.1) is 5.57 Å². The summed E-state index contributed by atoms with van der Waals surface area (Å²) in [5, 5.41) is 12.7. The van der Waals surface area contributed by atoms with Crippen LogP contribution in [0.25, 0.3) is 0 Å². The van der Waals surface area contributed by atoms with E-state index in [1.807, 2.05) is 79.9 Å². The van der Waals surface area contributed by atoms with Gasteiger partial charge in [0.25, 0.3) is 5.91 Å². The molecule has 1 amide bonds. The van der Waals surface area contributed by atoms with Gasteiger partial charge in [-0.05, 0) is 48.9 Å². The molecule has 152 valence electrons. The van der Waals surface area contributed by atoms with Crippen molar-refractivity contribution in [3.8, 4) is 0 Å². The molecule has 30 heavy (non-hydrogen) atoms. The molecule has 0 fully saturated rings. The van der Waals surface area contributed by atoms with Gasteiger partial charge >= 0.3 is 0 Å². The van der Waals surface area contributed by atoms with Crippen LogP contribution in [0.2, 0.25) is 0 Å². The molecular weight excluding hydrogens is 394 g/mol. The molecule has 0 saturated heterocycles. The number of Topliss-reactive ketones (excluding diaryl/α,β-unsaturated/α-hetero) is 1. The Hall–Kier alpha value is -3.18. The molecule has 4 rings (SSSR count). The second-order valence-electron chi connectivity index (χ2n) is 7.55. The Balaban J connectivity index is 1.71. The van der Waals surface area contributed by atoms with Crippen molar-refractivity contribution in [1.29, 1.82) is 0 Å². The Morgan fingerprint density at radius 1 is 1.07 bits per heavy atom. The first-order chi connectivity index (χ1) is 14.5. The van der Waals surface area contributed by atoms with Gasteiger partial charge in [-0.2, -0.15) is 0 Å². The van der Waals surface area contributed by atoms with E-state index in [1.165, 1.54) is 11.3 Å². The largest absolute Gasteiger partial charge is 0.503 e. The first kappa shape index (κ1) is 20.1. The molecule has 2 heterocycles. The number of aryl methyl sites for hydroxylation is 3. The zero-order valence-corrected chi connectivity index (χ0v) is 17.8. The predicted molar refractivity (Wildman–Crippen MR) is 120 cm³/mol. The topological polar surface area (TPSA) is 57.6 Å². The van der Waals surface area contributed by atoms with Gasteiger partial charge in [-0.25, -0.2) is 0 Å². The SMILES string of the molecule is Cc1ccc(N2C(=O)C(O)=C(C(=O)CCc3ccccc3)C2c2cccs2)c(C)c1. The zero-order valence-electron chi connectivity index (χ0n) is 17.0. The molecule has 1 aliphatic heterocycles. The van der Waals surface area contributed by atoms with Gasteiger partial charge in [-0.3, -0.25) is 14.5 Å². The fourth-order valence-electron chi connectivity index (χ4n) is 3.97. The van der Waals surface area contributed by atoms with Gasteiger partial charge in [0.1, 0.15) is 6.04 Å². The molecule has 0 radical (unpaired) electrons. The minimum absolute atomic E-state index is 0.193. The molecule has 1 aliphatic rings. The highest BCUT2D eigenvalue weighted by Gasteiger charge is 2.44. The zero-order chi connectivity index (χ0) is 21.3. The Labute approximate surface area is 180 Å². The summed E-state index contributed by atoms with van der Waals surface area (Å²) in [4.78, 5) is 28.7. The number of carbonyl (C=O) groups is 2. The van der Waals surface area contributed by atoms with Crippen LogP contribution < -0.4 is 4.90 Å². The highest BCUT2D eigenvalue weighted by Crippen LogP contribution is 2.43. The number of aliphatic hydroxyl groups is 1. The maximum atomic E-state index is 13.2. The molecular formula is C25H23NO3S. The summed E-state index contributed by atoms with van der Waals surface area (Å²) in [5.74, 6) is -1.16. The van der Waals surface area contributed by atoms with Crippen LogP contribution in [0.3, 0.4) is 0 Å². The van der Waals surface area contributed by atoms with E-state index >= 15 is 0 Å². The molecule has 5 heteroatoms. The summed E-state index contributed by atoms with van der Waals surface area (Å²) in [5.41, 5.74) is 3.97. The highest BCUT2D eigenvalue weighted by atomic mass is 32.1. The number of hydrogen-bond donors (Lipinski definition) is 1. The van der Waals surface area contributed by atoms with Crippen LogP contribution in [0.5, 0.6) is 0 Å². The monoisotopic (exact) mass is 417 g/mol. The minimum Gasteiger partial charge on any atom is -0.503 e. The second kappa shape index (κ2) is 8.28. The first-order valence-electron chi connectivity index (χ1n) is 9.92. The van der Waals surface area contributed by atoms with Crippen LogP contribution >= 0.6 is 11.3 Å². The van der Waals surface area contributed by atoms with E-state index in [4.69, 9.17) is 0 Å². The minimum atomic E-state index is -0.609. The Bertz CT molecular complexity index is 1120. The van der Waals surface area contributed by atoms with Gasteiger partial charge in [0.15, 0.2) is 11.5 Å². The molecule has 1 unspecified atom stereocenters. The molecule has 4 nitrogen and oxygen atoms in total. The number of ketones is 1. The van der Waals surface area contributed by atoms with E-state index in [2.05, 4.69) is 0 Å². The number of thiophene rings is 1. The third kappa shape index (κ3) is 3.68. The normalized spacial score (nSPS) is 16.4. The maximum Gasteiger partial charge on any atom is 0.294 e. The fraction of sp³-hybridized carbons (Fsp3) is 0.200. The van der Waals surface area contributed by atoms with Crippen molar-refractivity contribution >= 4 is 28.7 Å². The smallest absolute Gasteiger partial charge is 0.294 e. The Kier molecular flexibility index (Phi) is 5.55. The van der Waals surface area contributed by atoms with Crippen LogP contribution in [0.15, 0.2) is 77.4 Å². The van der Waals surface area contributed by atoms with E-state index in [0.29, 0.717) is 12.1 Å². The molecule has 2 aromatic carbocycles. The summed E-state index contributed by atoms with van der Waals surface area (Å²) < 4.78 is 0. The van der Waals surface area contributed by atoms with Crippen LogP contribution in [-0.4, -0.2) is 16.8 Å². The lowest BCUT2D eigenvalue weighted by molar-refractivity contribution is -0.118. The summed E-state index contributed by atoms with van der Waals surface area (Å²) >= 11 is 1.48. The van der Waals surface area contributed by atoms with Crippen molar-refractivity contribution in [2.24, 2.45) is 0 Å². The molecule has 0 aliphatic carbocycles. The molecule has 3 aromatic rings. The van der Waals surface area contributed by atoms with Crippen molar-refractivity contribution in [2.45, 2.75) is 32.7 Å². The third-order valence-corrected chi connectivity index (χ3v) is 6.34. The number of carbonyl (C=O) groups excluding carboxylic acids is 2. The van der Waals surface area contributed by atoms with Crippen molar-refractivity contribution in [3.63, 3.8) is 0 Å². The molecule has 0 spiro atoms. The number of hydrogen-bond acceptors (Lipinski definition) is 4. The average molecular weight is 418 g/mol. The lowest BCUT2D eigenvalue weighted by Gasteiger charge is -2.27. The van der Waals surface area contributed by atoms with Crippen molar-refractivity contribution in [2.75, 3.05) is 4.90 Å². The first-order valence-corrected chi connectivity index (χ1v) is 10.8. The van der Waals surface area contributed by atoms with Crippen LogP contribution in [-0.2, 0) is 16.0 Å². The number of rotatable bonds is 6. The third-order valence-electron chi connectivity index (χ3n) is 5.42.